The second kappa shape index (κ2) is 5.85. The molecule has 1 aromatic carbocycles. The maximum Gasteiger partial charge on any atom is 0.123 e. The van der Waals surface area contributed by atoms with Crippen LogP contribution in [0.4, 0.5) is 10.1 Å². The van der Waals surface area contributed by atoms with E-state index in [-0.39, 0.29) is 5.82 Å². The van der Waals surface area contributed by atoms with Gasteiger partial charge >= 0.3 is 0 Å². The number of nitrogens with two attached hydrogens (primary N) is 1. The van der Waals surface area contributed by atoms with Crippen LogP contribution in [0.5, 0.6) is 0 Å². The third-order valence-corrected chi connectivity index (χ3v) is 4.18. The molecule has 0 spiro atoms. The van der Waals surface area contributed by atoms with Crippen LogP contribution in [0, 0.1) is 5.82 Å². The van der Waals surface area contributed by atoms with E-state index in [2.05, 4.69) is 10.00 Å². The number of aryl methyl sites for hydroxylation is 1. The molecule has 0 radical (unpaired) electrons. The summed E-state index contributed by atoms with van der Waals surface area (Å²) >= 11 is 0. The lowest BCUT2D eigenvalue weighted by Gasteiger charge is -2.31. The van der Waals surface area contributed by atoms with Crippen molar-refractivity contribution in [2.24, 2.45) is 12.8 Å². The fourth-order valence-electron chi connectivity index (χ4n) is 2.90. The van der Waals surface area contributed by atoms with E-state index in [1.807, 2.05) is 24.0 Å². The summed E-state index contributed by atoms with van der Waals surface area (Å²) < 4.78 is 15.2. The van der Waals surface area contributed by atoms with E-state index in [1.54, 1.807) is 12.1 Å². The normalized spacial score (nSPS) is 16.4. The number of hydrogen-bond acceptors (Lipinski definition) is 3. The fourth-order valence-corrected chi connectivity index (χ4v) is 2.90. The molecule has 0 aliphatic carbocycles. The molecular weight excluding hydrogens is 267 g/mol. The molecule has 0 bridgehead atoms. The van der Waals surface area contributed by atoms with Crippen molar-refractivity contribution < 1.29 is 4.39 Å². The maximum atomic E-state index is 13.3. The van der Waals surface area contributed by atoms with Gasteiger partial charge in [0.15, 0.2) is 0 Å². The summed E-state index contributed by atoms with van der Waals surface area (Å²) in [5.74, 6) is -0.194. The topological polar surface area (TPSA) is 47.1 Å². The Balaban J connectivity index is 1.83. The average molecular weight is 288 g/mol. The zero-order valence-electron chi connectivity index (χ0n) is 12.3. The Bertz CT molecular complexity index is 614. The number of aromatic nitrogens is 2. The zero-order valence-corrected chi connectivity index (χ0v) is 12.3. The zero-order chi connectivity index (χ0) is 14.8. The van der Waals surface area contributed by atoms with Crippen molar-refractivity contribution in [2.75, 3.05) is 18.0 Å². The van der Waals surface area contributed by atoms with Crippen molar-refractivity contribution in [1.82, 2.24) is 9.78 Å². The molecule has 0 unspecified atom stereocenters. The van der Waals surface area contributed by atoms with Crippen LogP contribution in [0.1, 0.15) is 24.1 Å². The molecule has 112 valence electrons. The molecule has 0 saturated carbocycles. The second-order valence-electron chi connectivity index (χ2n) is 5.73. The number of benzene rings is 1. The summed E-state index contributed by atoms with van der Waals surface area (Å²) in [5, 5.41) is 4.38. The Hall–Kier alpha value is -1.88. The van der Waals surface area contributed by atoms with Crippen LogP contribution < -0.4 is 10.6 Å². The molecule has 1 aromatic heterocycles. The van der Waals surface area contributed by atoms with Gasteiger partial charge in [-0.3, -0.25) is 4.68 Å². The molecule has 5 heteroatoms. The molecule has 1 aliphatic rings. The summed E-state index contributed by atoms with van der Waals surface area (Å²) in [5.41, 5.74) is 9.20. The van der Waals surface area contributed by atoms with Gasteiger partial charge in [0, 0.05) is 32.6 Å². The molecule has 1 aliphatic heterocycles. The molecule has 21 heavy (non-hydrogen) atoms. The molecule has 2 aromatic rings. The highest BCUT2D eigenvalue weighted by Crippen LogP contribution is 2.25. The van der Waals surface area contributed by atoms with Crippen molar-refractivity contribution in [3.8, 4) is 0 Å². The van der Waals surface area contributed by atoms with Gasteiger partial charge in [-0.15, -0.1) is 0 Å². The van der Waals surface area contributed by atoms with Crippen LogP contribution in [0.25, 0.3) is 0 Å². The SMILES string of the molecule is Cn1ncc(N2CCC(N)CC2)c1Cc1cccc(F)c1. The second-order valence-corrected chi connectivity index (χ2v) is 5.73. The third kappa shape index (κ3) is 3.08. The fraction of sp³-hybridized carbons (Fsp3) is 0.438. The Kier molecular flexibility index (Phi) is 3.92. The van der Waals surface area contributed by atoms with Gasteiger partial charge < -0.3 is 10.6 Å². The minimum atomic E-state index is -0.194. The van der Waals surface area contributed by atoms with Crippen LogP contribution in [-0.4, -0.2) is 28.9 Å². The first-order valence-electron chi connectivity index (χ1n) is 7.39. The van der Waals surface area contributed by atoms with Gasteiger partial charge in [0.05, 0.1) is 17.6 Å². The molecule has 4 nitrogen and oxygen atoms in total. The van der Waals surface area contributed by atoms with Crippen molar-refractivity contribution in [3.05, 3.63) is 47.5 Å². The number of rotatable bonds is 3. The van der Waals surface area contributed by atoms with Crippen LogP contribution in [0.2, 0.25) is 0 Å². The van der Waals surface area contributed by atoms with Crippen molar-refractivity contribution in [3.63, 3.8) is 0 Å². The molecule has 0 amide bonds. The van der Waals surface area contributed by atoms with Gasteiger partial charge in [0.25, 0.3) is 0 Å². The van der Waals surface area contributed by atoms with E-state index in [9.17, 15) is 4.39 Å². The minimum Gasteiger partial charge on any atom is -0.369 e. The molecular formula is C16H21FN4. The van der Waals surface area contributed by atoms with Crippen LogP contribution >= 0.6 is 0 Å². The first-order chi connectivity index (χ1) is 10.1. The molecule has 3 rings (SSSR count). The van der Waals surface area contributed by atoms with Gasteiger partial charge in [-0.05, 0) is 30.5 Å². The van der Waals surface area contributed by atoms with Crippen molar-refractivity contribution >= 4 is 5.69 Å². The van der Waals surface area contributed by atoms with Crippen molar-refractivity contribution in [1.29, 1.82) is 0 Å². The maximum absolute atomic E-state index is 13.3. The number of nitrogens with zero attached hydrogens (tertiary/aromatic N) is 3. The smallest absolute Gasteiger partial charge is 0.123 e. The highest BCUT2D eigenvalue weighted by Gasteiger charge is 2.21. The Morgan fingerprint density at radius 2 is 2.10 bits per heavy atom. The number of anilines is 1. The van der Waals surface area contributed by atoms with Gasteiger partial charge in [0.2, 0.25) is 0 Å². The van der Waals surface area contributed by atoms with Gasteiger partial charge in [-0.2, -0.15) is 5.10 Å². The predicted molar refractivity (Wildman–Crippen MR) is 81.8 cm³/mol. The lowest BCUT2D eigenvalue weighted by Crippen LogP contribution is -2.40. The Morgan fingerprint density at radius 1 is 1.33 bits per heavy atom. The lowest BCUT2D eigenvalue weighted by atomic mass is 10.0. The Labute approximate surface area is 124 Å². The largest absolute Gasteiger partial charge is 0.369 e. The van der Waals surface area contributed by atoms with Gasteiger partial charge in [0.1, 0.15) is 5.82 Å². The first-order valence-corrected chi connectivity index (χ1v) is 7.39. The standard InChI is InChI=1S/C16H21FN4/c1-20-15(10-12-3-2-4-13(17)9-12)16(11-19-20)21-7-5-14(18)6-8-21/h2-4,9,11,14H,5-8,10,18H2,1H3. The van der Waals surface area contributed by atoms with E-state index in [0.717, 1.165) is 42.9 Å². The predicted octanol–water partition coefficient (Wildman–Crippen LogP) is 2.08. The number of hydrogen-bond donors (Lipinski definition) is 1. The molecule has 0 atom stereocenters. The average Bonchev–Trinajstić information content (AvgIpc) is 2.81. The van der Waals surface area contributed by atoms with Crippen molar-refractivity contribution in [2.45, 2.75) is 25.3 Å². The molecule has 2 heterocycles. The molecule has 1 fully saturated rings. The summed E-state index contributed by atoms with van der Waals surface area (Å²) in [7, 11) is 1.94. The Morgan fingerprint density at radius 3 is 2.81 bits per heavy atom. The molecule has 2 N–H and O–H groups in total. The van der Waals surface area contributed by atoms with E-state index in [1.165, 1.54) is 6.07 Å². The van der Waals surface area contributed by atoms with Crippen LogP contribution in [0.3, 0.4) is 0 Å². The van der Waals surface area contributed by atoms with E-state index < -0.39 is 0 Å². The van der Waals surface area contributed by atoms with E-state index in [4.69, 9.17) is 5.73 Å². The highest BCUT2D eigenvalue weighted by atomic mass is 19.1. The quantitative estimate of drug-likeness (QED) is 0.940. The summed E-state index contributed by atoms with van der Waals surface area (Å²) in [4.78, 5) is 2.34. The third-order valence-electron chi connectivity index (χ3n) is 4.18. The number of piperidine rings is 1. The monoisotopic (exact) mass is 288 g/mol. The summed E-state index contributed by atoms with van der Waals surface area (Å²) in [6.45, 7) is 1.92. The number of halogens is 1. The summed E-state index contributed by atoms with van der Waals surface area (Å²) in [6.07, 6.45) is 4.61. The highest BCUT2D eigenvalue weighted by molar-refractivity contribution is 5.51. The summed E-state index contributed by atoms with van der Waals surface area (Å²) in [6, 6.07) is 7.07. The van der Waals surface area contributed by atoms with Gasteiger partial charge in [-0.25, -0.2) is 4.39 Å². The lowest BCUT2D eigenvalue weighted by molar-refractivity contribution is 0.500. The minimum absolute atomic E-state index is 0.194. The van der Waals surface area contributed by atoms with Crippen LogP contribution in [-0.2, 0) is 13.5 Å². The van der Waals surface area contributed by atoms with E-state index in [0.29, 0.717) is 12.5 Å². The molecule has 1 saturated heterocycles. The van der Waals surface area contributed by atoms with Gasteiger partial charge in [-0.1, -0.05) is 12.1 Å². The first kappa shape index (κ1) is 14.1. The van der Waals surface area contributed by atoms with Crippen LogP contribution in [0.15, 0.2) is 30.5 Å². The van der Waals surface area contributed by atoms with E-state index >= 15 is 0 Å².